The average molecular weight is 377 g/mol. The van der Waals surface area contributed by atoms with Gasteiger partial charge >= 0.3 is 5.97 Å². The molecule has 2 aromatic carbocycles. The van der Waals surface area contributed by atoms with Gasteiger partial charge in [-0.1, -0.05) is 24.6 Å². The molecule has 0 spiro atoms. The van der Waals surface area contributed by atoms with E-state index >= 15 is 0 Å². The number of amides is 2. The summed E-state index contributed by atoms with van der Waals surface area (Å²) < 4.78 is 5.37. The molecule has 2 aromatic rings. The zero-order valence-electron chi connectivity index (χ0n) is 16.1. The van der Waals surface area contributed by atoms with Crippen LogP contribution in [0.5, 0.6) is 5.75 Å². The standard InChI is InChI=1S/C23H23NO4/c1-14-3-10-18(11-4-14)28-23(27)16-6-8-17(9-7-16)24-21(25)19-12-5-15(2)13-20(19)22(24)26/h3-4,6-11,15,19-20H,5,12-13H2,1-2H3/t15-,19-,20-/m0/s1. The maximum atomic E-state index is 12.8. The predicted molar refractivity (Wildman–Crippen MR) is 105 cm³/mol. The lowest BCUT2D eigenvalue weighted by atomic mass is 9.76. The first kappa shape index (κ1) is 18.4. The van der Waals surface area contributed by atoms with E-state index < -0.39 is 5.97 Å². The van der Waals surface area contributed by atoms with Gasteiger partial charge in [0.25, 0.3) is 0 Å². The summed E-state index contributed by atoms with van der Waals surface area (Å²) in [5, 5.41) is 0. The van der Waals surface area contributed by atoms with Crippen molar-refractivity contribution >= 4 is 23.5 Å². The third kappa shape index (κ3) is 3.33. The summed E-state index contributed by atoms with van der Waals surface area (Å²) in [4.78, 5) is 39.2. The van der Waals surface area contributed by atoms with E-state index in [2.05, 4.69) is 6.92 Å². The number of anilines is 1. The summed E-state index contributed by atoms with van der Waals surface area (Å²) in [7, 11) is 0. The van der Waals surface area contributed by atoms with Gasteiger partial charge in [0.2, 0.25) is 11.8 Å². The fourth-order valence-corrected chi connectivity index (χ4v) is 4.16. The van der Waals surface area contributed by atoms with Crippen molar-refractivity contribution in [3.05, 3.63) is 59.7 Å². The first-order valence-electron chi connectivity index (χ1n) is 9.71. The van der Waals surface area contributed by atoms with Gasteiger partial charge in [0.05, 0.1) is 23.1 Å². The minimum atomic E-state index is -0.475. The van der Waals surface area contributed by atoms with Crippen LogP contribution >= 0.6 is 0 Å². The molecule has 1 saturated heterocycles. The van der Waals surface area contributed by atoms with Crippen LogP contribution in [-0.2, 0) is 9.59 Å². The molecule has 1 aliphatic carbocycles. The lowest BCUT2D eigenvalue weighted by Crippen LogP contribution is -2.30. The highest BCUT2D eigenvalue weighted by Crippen LogP contribution is 2.42. The van der Waals surface area contributed by atoms with Gasteiger partial charge in [0, 0.05) is 0 Å². The van der Waals surface area contributed by atoms with Crippen molar-refractivity contribution in [2.75, 3.05) is 4.90 Å². The number of carbonyl (C=O) groups excluding carboxylic acids is 3. The van der Waals surface area contributed by atoms with Crippen LogP contribution < -0.4 is 9.64 Å². The minimum absolute atomic E-state index is 0.114. The van der Waals surface area contributed by atoms with E-state index in [1.54, 1.807) is 36.4 Å². The highest BCUT2D eigenvalue weighted by molar-refractivity contribution is 6.22. The van der Waals surface area contributed by atoms with Crippen LogP contribution in [0.1, 0.15) is 42.1 Å². The van der Waals surface area contributed by atoms with E-state index in [1.165, 1.54) is 4.90 Å². The van der Waals surface area contributed by atoms with Crippen LogP contribution in [0.2, 0.25) is 0 Å². The Bertz CT molecular complexity index is 917. The summed E-state index contributed by atoms with van der Waals surface area (Å²) in [5.74, 6) is -0.165. The van der Waals surface area contributed by atoms with E-state index in [9.17, 15) is 14.4 Å². The third-order valence-electron chi connectivity index (χ3n) is 5.78. The van der Waals surface area contributed by atoms with Crippen molar-refractivity contribution in [2.45, 2.75) is 33.1 Å². The molecule has 2 aliphatic rings. The summed E-state index contributed by atoms with van der Waals surface area (Å²) in [5.41, 5.74) is 1.97. The normalized spacial score (nSPS) is 24.2. The van der Waals surface area contributed by atoms with Crippen molar-refractivity contribution in [3.8, 4) is 5.75 Å². The molecule has 0 N–H and O–H groups in total. The Balaban J connectivity index is 1.50. The van der Waals surface area contributed by atoms with Gasteiger partial charge in [-0.25, -0.2) is 4.79 Å². The van der Waals surface area contributed by atoms with Gasteiger partial charge in [0.1, 0.15) is 5.75 Å². The molecule has 0 bridgehead atoms. The number of imide groups is 1. The van der Waals surface area contributed by atoms with Crippen LogP contribution in [0, 0.1) is 24.7 Å². The topological polar surface area (TPSA) is 63.7 Å². The molecule has 4 rings (SSSR count). The van der Waals surface area contributed by atoms with Gasteiger partial charge < -0.3 is 4.74 Å². The molecule has 144 valence electrons. The van der Waals surface area contributed by atoms with E-state index in [4.69, 9.17) is 4.74 Å². The number of ether oxygens (including phenoxy) is 1. The third-order valence-corrected chi connectivity index (χ3v) is 5.78. The zero-order valence-corrected chi connectivity index (χ0v) is 16.1. The number of esters is 1. The molecule has 1 heterocycles. The van der Waals surface area contributed by atoms with Crippen LogP contribution in [0.3, 0.4) is 0 Å². The Kier molecular flexibility index (Phi) is 4.75. The summed E-state index contributed by atoms with van der Waals surface area (Å²) >= 11 is 0. The maximum absolute atomic E-state index is 12.8. The van der Waals surface area contributed by atoms with Gasteiger partial charge in [0.15, 0.2) is 0 Å². The Morgan fingerprint density at radius 1 is 0.929 bits per heavy atom. The molecule has 5 heteroatoms. The largest absolute Gasteiger partial charge is 0.423 e. The van der Waals surface area contributed by atoms with E-state index in [0.29, 0.717) is 22.9 Å². The average Bonchev–Trinajstić information content (AvgIpc) is 2.93. The molecule has 28 heavy (non-hydrogen) atoms. The second-order valence-electron chi connectivity index (χ2n) is 7.89. The molecule has 1 saturated carbocycles. The van der Waals surface area contributed by atoms with Crippen LogP contribution in [0.15, 0.2) is 48.5 Å². The molecule has 3 atom stereocenters. The van der Waals surface area contributed by atoms with Gasteiger partial charge in [-0.2, -0.15) is 0 Å². The fraction of sp³-hybridized carbons (Fsp3) is 0.348. The van der Waals surface area contributed by atoms with Crippen molar-refractivity contribution in [3.63, 3.8) is 0 Å². The van der Waals surface area contributed by atoms with E-state index in [1.807, 2.05) is 19.1 Å². The summed E-state index contributed by atoms with van der Waals surface area (Å²) in [6.07, 6.45) is 2.53. The molecule has 5 nitrogen and oxygen atoms in total. The number of carbonyl (C=O) groups is 3. The van der Waals surface area contributed by atoms with Crippen molar-refractivity contribution in [2.24, 2.45) is 17.8 Å². The second-order valence-corrected chi connectivity index (χ2v) is 7.89. The van der Waals surface area contributed by atoms with Crippen molar-refractivity contribution < 1.29 is 19.1 Å². The van der Waals surface area contributed by atoms with Crippen LogP contribution in [0.4, 0.5) is 5.69 Å². The number of fused-ring (bicyclic) bond motifs is 1. The predicted octanol–water partition coefficient (Wildman–Crippen LogP) is 4.14. The van der Waals surface area contributed by atoms with Crippen molar-refractivity contribution in [1.29, 1.82) is 0 Å². The molecular weight excluding hydrogens is 354 g/mol. The molecular formula is C23H23NO4. The summed E-state index contributed by atoms with van der Waals surface area (Å²) in [6, 6.07) is 13.7. The fourth-order valence-electron chi connectivity index (χ4n) is 4.16. The first-order chi connectivity index (χ1) is 13.4. The number of aryl methyl sites for hydroxylation is 1. The van der Waals surface area contributed by atoms with Gasteiger partial charge in [-0.3, -0.25) is 14.5 Å². The molecule has 0 aromatic heterocycles. The quantitative estimate of drug-likeness (QED) is 0.458. The van der Waals surface area contributed by atoms with Crippen molar-refractivity contribution in [1.82, 2.24) is 0 Å². The lowest BCUT2D eigenvalue weighted by molar-refractivity contribution is -0.122. The first-order valence-corrected chi connectivity index (χ1v) is 9.71. The Labute approximate surface area is 164 Å². The molecule has 2 fully saturated rings. The number of nitrogens with zero attached hydrogens (tertiary/aromatic N) is 1. The summed E-state index contributed by atoms with van der Waals surface area (Å²) in [6.45, 7) is 4.09. The monoisotopic (exact) mass is 377 g/mol. The van der Waals surface area contributed by atoms with Gasteiger partial charge in [-0.05, 0) is 68.5 Å². The van der Waals surface area contributed by atoms with E-state index in [0.717, 1.165) is 24.8 Å². The van der Waals surface area contributed by atoms with Gasteiger partial charge in [-0.15, -0.1) is 0 Å². The highest BCUT2D eigenvalue weighted by Gasteiger charge is 2.49. The number of rotatable bonds is 3. The second kappa shape index (κ2) is 7.23. The smallest absolute Gasteiger partial charge is 0.343 e. The van der Waals surface area contributed by atoms with E-state index in [-0.39, 0.29) is 23.7 Å². The Morgan fingerprint density at radius 3 is 2.25 bits per heavy atom. The maximum Gasteiger partial charge on any atom is 0.343 e. The molecule has 1 aliphatic heterocycles. The molecule has 0 radical (unpaired) electrons. The number of hydrogen-bond donors (Lipinski definition) is 0. The SMILES string of the molecule is Cc1ccc(OC(=O)c2ccc(N3C(=O)[C@H]4CC[C@H](C)C[C@@H]4C3=O)cc2)cc1. The van der Waals surface area contributed by atoms with Crippen LogP contribution in [-0.4, -0.2) is 17.8 Å². The van der Waals surface area contributed by atoms with Crippen LogP contribution in [0.25, 0.3) is 0 Å². The Hall–Kier alpha value is -2.95. The molecule has 2 amide bonds. The molecule has 0 unspecified atom stereocenters. The lowest BCUT2D eigenvalue weighted by Gasteiger charge is -2.25. The highest BCUT2D eigenvalue weighted by atomic mass is 16.5. The minimum Gasteiger partial charge on any atom is -0.423 e. The Morgan fingerprint density at radius 2 is 1.57 bits per heavy atom. The number of benzene rings is 2. The number of hydrogen-bond acceptors (Lipinski definition) is 4. The zero-order chi connectivity index (χ0) is 19.8.